The number of fused-ring (bicyclic) bond motifs is 1. The van der Waals surface area contributed by atoms with E-state index >= 15 is 0 Å². The molecule has 9 heteroatoms. The summed E-state index contributed by atoms with van der Waals surface area (Å²) in [6.07, 6.45) is 0. The third-order valence-corrected chi connectivity index (χ3v) is 7.92. The zero-order valence-electron chi connectivity index (χ0n) is 15.3. The molecule has 2 heterocycles. The molecule has 0 aliphatic carbocycles. The number of carbonyl (C=O) groups excluding carboxylic acids is 1. The van der Waals surface area contributed by atoms with Crippen molar-refractivity contribution in [1.82, 2.24) is 4.31 Å². The van der Waals surface area contributed by atoms with Gasteiger partial charge >= 0.3 is 5.97 Å². The second-order valence-electron chi connectivity index (χ2n) is 6.49. The molecule has 0 amide bonds. The highest BCUT2D eigenvalue weighted by Gasteiger charge is 2.28. The fourth-order valence-electron chi connectivity index (χ4n) is 3.12. The lowest BCUT2D eigenvalue weighted by atomic mass is 10.2. The molecule has 6 nitrogen and oxygen atoms in total. The van der Waals surface area contributed by atoms with Gasteiger partial charge in [0.25, 0.3) is 0 Å². The number of hydrogen-bond donors (Lipinski definition) is 0. The monoisotopic (exact) mass is 451 g/mol. The number of halogens is 1. The van der Waals surface area contributed by atoms with E-state index < -0.39 is 16.0 Å². The topological polar surface area (TPSA) is 72.9 Å². The van der Waals surface area contributed by atoms with Crippen LogP contribution in [0.3, 0.4) is 0 Å². The normalized spacial score (nSPS) is 15.5. The minimum absolute atomic E-state index is 0.0109. The minimum atomic E-state index is -3.73. The van der Waals surface area contributed by atoms with Gasteiger partial charge in [-0.3, -0.25) is 0 Å². The van der Waals surface area contributed by atoms with Gasteiger partial charge in [-0.2, -0.15) is 4.31 Å². The Kier molecular flexibility index (Phi) is 5.89. The SMILES string of the molecule is O=C(OCc1csc2ccccc12)c1cc(S(=O)(=O)N2CCOCC2)ccc1Cl. The van der Waals surface area contributed by atoms with E-state index in [0.717, 1.165) is 15.6 Å². The van der Waals surface area contributed by atoms with Gasteiger partial charge in [-0.1, -0.05) is 29.8 Å². The first-order chi connectivity index (χ1) is 14.0. The first kappa shape index (κ1) is 20.3. The summed E-state index contributed by atoms with van der Waals surface area (Å²) in [7, 11) is -3.73. The summed E-state index contributed by atoms with van der Waals surface area (Å²) in [4.78, 5) is 12.6. The van der Waals surface area contributed by atoms with E-state index in [1.54, 1.807) is 11.3 Å². The van der Waals surface area contributed by atoms with Crippen molar-refractivity contribution < 1.29 is 22.7 Å². The predicted molar refractivity (Wildman–Crippen MR) is 112 cm³/mol. The van der Waals surface area contributed by atoms with Gasteiger partial charge in [0, 0.05) is 23.4 Å². The summed E-state index contributed by atoms with van der Waals surface area (Å²) >= 11 is 7.73. The molecule has 1 aromatic heterocycles. The van der Waals surface area contributed by atoms with Crippen molar-refractivity contribution in [2.45, 2.75) is 11.5 Å². The number of benzene rings is 2. The van der Waals surface area contributed by atoms with Gasteiger partial charge in [-0.15, -0.1) is 11.3 Å². The van der Waals surface area contributed by atoms with Gasteiger partial charge in [0.1, 0.15) is 6.61 Å². The lowest BCUT2D eigenvalue weighted by molar-refractivity contribution is 0.0474. The number of carbonyl (C=O) groups is 1. The molecule has 1 fully saturated rings. The lowest BCUT2D eigenvalue weighted by Gasteiger charge is -2.26. The minimum Gasteiger partial charge on any atom is -0.457 e. The number of esters is 1. The smallest absolute Gasteiger partial charge is 0.340 e. The fourth-order valence-corrected chi connectivity index (χ4v) is 5.70. The van der Waals surface area contributed by atoms with E-state index in [-0.39, 0.29) is 35.2 Å². The molecule has 152 valence electrons. The maximum Gasteiger partial charge on any atom is 0.340 e. The molecular weight excluding hydrogens is 434 g/mol. The molecule has 0 bridgehead atoms. The van der Waals surface area contributed by atoms with Gasteiger partial charge in [0.05, 0.1) is 28.7 Å². The molecule has 1 aliphatic rings. The van der Waals surface area contributed by atoms with Crippen molar-refractivity contribution in [3.05, 3.63) is 64.0 Å². The predicted octanol–water partition coefficient (Wildman–Crippen LogP) is 3.93. The van der Waals surface area contributed by atoms with Crippen LogP contribution in [0.5, 0.6) is 0 Å². The summed E-state index contributed by atoms with van der Waals surface area (Å²) in [5.41, 5.74) is 0.924. The zero-order valence-corrected chi connectivity index (χ0v) is 17.7. The Bertz CT molecular complexity index is 1150. The highest BCUT2D eigenvalue weighted by atomic mass is 35.5. The quantitative estimate of drug-likeness (QED) is 0.549. The van der Waals surface area contributed by atoms with Crippen LogP contribution in [0, 0.1) is 0 Å². The summed E-state index contributed by atoms with van der Waals surface area (Å²) in [6, 6.07) is 11.9. The Morgan fingerprint density at radius 2 is 1.93 bits per heavy atom. The lowest BCUT2D eigenvalue weighted by Crippen LogP contribution is -2.40. The van der Waals surface area contributed by atoms with Crippen molar-refractivity contribution in [2.75, 3.05) is 26.3 Å². The number of hydrogen-bond acceptors (Lipinski definition) is 6. The van der Waals surface area contributed by atoms with Crippen LogP contribution in [0.1, 0.15) is 15.9 Å². The van der Waals surface area contributed by atoms with Crippen LogP contribution in [-0.2, 0) is 26.1 Å². The van der Waals surface area contributed by atoms with Crippen LogP contribution in [0.2, 0.25) is 5.02 Å². The van der Waals surface area contributed by atoms with E-state index in [2.05, 4.69) is 0 Å². The number of rotatable bonds is 5. The van der Waals surface area contributed by atoms with Gasteiger partial charge in [-0.25, -0.2) is 13.2 Å². The van der Waals surface area contributed by atoms with E-state index in [0.29, 0.717) is 13.2 Å². The summed E-state index contributed by atoms with van der Waals surface area (Å²) in [6.45, 7) is 1.32. The molecule has 0 atom stereocenters. The van der Waals surface area contributed by atoms with Crippen molar-refractivity contribution >= 4 is 49.0 Å². The van der Waals surface area contributed by atoms with Crippen molar-refractivity contribution in [3.8, 4) is 0 Å². The van der Waals surface area contributed by atoms with Gasteiger partial charge in [-0.05, 0) is 35.0 Å². The van der Waals surface area contributed by atoms with Crippen LogP contribution in [0.15, 0.2) is 52.7 Å². The maximum atomic E-state index is 12.8. The van der Waals surface area contributed by atoms with Crippen LogP contribution in [-0.4, -0.2) is 45.0 Å². The van der Waals surface area contributed by atoms with E-state index in [4.69, 9.17) is 21.1 Å². The standard InChI is InChI=1S/C20H18ClNO5S2/c21-18-6-5-15(29(24,25)22-7-9-26-10-8-22)11-17(18)20(23)27-12-14-13-28-19-4-2-1-3-16(14)19/h1-6,11,13H,7-10,12H2. The third-order valence-electron chi connectivity index (χ3n) is 4.69. The van der Waals surface area contributed by atoms with Crippen LogP contribution in [0.4, 0.5) is 0 Å². The number of sulfonamides is 1. The highest BCUT2D eigenvalue weighted by molar-refractivity contribution is 7.89. The number of thiophene rings is 1. The molecule has 0 spiro atoms. The highest BCUT2D eigenvalue weighted by Crippen LogP contribution is 2.28. The Hall–Kier alpha value is -1.97. The van der Waals surface area contributed by atoms with Crippen LogP contribution >= 0.6 is 22.9 Å². The van der Waals surface area contributed by atoms with E-state index in [1.165, 1.54) is 22.5 Å². The fraction of sp³-hybridized carbons (Fsp3) is 0.250. The first-order valence-electron chi connectivity index (χ1n) is 8.96. The number of nitrogens with zero attached hydrogens (tertiary/aromatic N) is 1. The second kappa shape index (κ2) is 8.41. The molecule has 2 aromatic carbocycles. The summed E-state index contributed by atoms with van der Waals surface area (Å²) in [5, 5.41) is 3.12. The van der Waals surface area contributed by atoms with Gasteiger partial charge < -0.3 is 9.47 Å². The molecular formula is C20H18ClNO5S2. The molecule has 0 saturated carbocycles. The summed E-state index contributed by atoms with van der Waals surface area (Å²) in [5.74, 6) is -0.663. The van der Waals surface area contributed by atoms with Crippen molar-refractivity contribution in [3.63, 3.8) is 0 Å². The zero-order chi connectivity index (χ0) is 20.4. The summed E-state index contributed by atoms with van der Waals surface area (Å²) < 4.78 is 38.8. The largest absolute Gasteiger partial charge is 0.457 e. The van der Waals surface area contributed by atoms with Crippen molar-refractivity contribution in [1.29, 1.82) is 0 Å². The Morgan fingerprint density at radius 1 is 1.17 bits per heavy atom. The molecule has 29 heavy (non-hydrogen) atoms. The molecule has 4 rings (SSSR count). The van der Waals surface area contributed by atoms with Crippen LogP contribution in [0.25, 0.3) is 10.1 Å². The molecule has 0 N–H and O–H groups in total. The Labute approximate surface area is 177 Å². The number of morpholine rings is 1. The Balaban J connectivity index is 1.54. The number of ether oxygens (including phenoxy) is 2. The van der Waals surface area contributed by atoms with Gasteiger partial charge in [0.2, 0.25) is 10.0 Å². The average Bonchev–Trinajstić information content (AvgIpc) is 3.16. The van der Waals surface area contributed by atoms with E-state index in [1.807, 2.05) is 29.6 Å². The molecule has 0 unspecified atom stereocenters. The molecule has 1 saturated heterocycles. The van der Waals surface area contributed by atoms with E-state index in [9.17, 15) is 13.2 Å². The van der Waals surface area contributed by atoms with Crippen molar-refractivity contribution in [2.24, 2.45) is 0 Å². The molecule has 0 radical (unpaired) electrons. The Morgan fingerprint density at radius 3 is 2.72 bits per heavy atom. The van der Waals surface area contributed by atoms with Crippen LogP contribution < -0.4 is 0 Å². The first-order valence-corrected chi connectivity index (χ1v) is 11.7. The average molecular weight is 452 g/mol. The molecule has 3 aromatic rings. The maximum absolute atomic E-state index is 12.8. The third kappa shape index (κ3) is 4.17. The second-order valence-corrected chi connectivity index (χ2v) is 9.75. The molecule has 1 aliphatic heterocycles. The van der Waals surface area contributed by atoms with Gasteiger partial charge in [0.15, 0.2) is 0 Å².